The monoisotopic (exact) mass is 382 g/mol. The number of thiocarbonyl (C=S) groups is 1. The zero-order valence-electron chi connectivity index (χ0n) is 13.4. The quantitative estimate of drug-likeness (QED) is 0.701. The van der Waals surface area contributed by atoms with Crippen LogP contribution in [-0.4, -0.2) is 25.3 Å². The highest BCUT2D eigenvalue weighted by atomic mass is 35.5. The average Bonchev–Trinajstić information content (AvgIpc) is 2.57. The van der Waals surface area contributed by atoms with Gasteiger partial charge in [-0.15, -0.1) is 0 Å². The number of nitrogens with one attached hydrogen (secondary N) is 2. The maximum absolute atomic E-state index is 6.15. The first-order chi connectivity index (χ1) is 11.6. The van der Waals surface area contributed by atoms with E-state index in [4.69, 9.17) is 40.2 Å². The van der Waals surface area contributed by atoms with E-state index >= 15 is 0 Å². The maximum Gasteiger partial charge on any atom is 0.166 e. The van der Waals surface area contributed by atoms with Crippen molar-refractivity contribution in [2.45, 2.75) is 12.8 Å². The minimum Gasteiger partial charge on any atom is -0.496 e. The van der Waals surface area contributed by atoms with E-state index in [1.165, 1.54) is 0 Å². The van der Waals surface area contributed by atoms with Gasteiger partial charge in [0.25, 0.3) is 0 Å². The van der Waals surface area contributed by atoms with Gasteiger partial charge in [-0.3, -0.25) is 0 Å². The Labute approximate surface area is 158 Å². The van der Waals surface area contributed by atoms with E-state index in [1.807, 2.05) is 30.3 Å². The van der Waals surface area contributed by atoms with Crippen LogP contribution < -0.4 is 15.4 Å². The SMILES string of the molecule is COc1ccccc1CCNC(=S)NCCc1ccc(Cl)cc1Cl. The van der Waals surface area contributed by atoms with E-state index in [1.54, 1.807) is 13.2 Å². The van der Waals surface area contributed by atoms with Crippen LogP contribution in [-0.2, 0) is 12.8 Å². The molecule has 128 valence electrons. The second-order valence-electron chi connectivity index (χ2n) is 5.23. The summed E-state index contributed by atoms with van der Waals surface area (Å²) in [7, 11) is 1.68. The Bertz CT molecular complexity index is 694. The number of methoxy groups -OCH3 is 1. The lowest BCUT2D eigenvalue weighted by Gasteiger charge is -2.12. The van der Waals surface area contributed by atoms with Gasteiger partial charge in [0, 0.05) is 23.1 Å². The van der Waals surface area contributed by atoms with Crippen molar-refractivity contribution >= 4 is 40.5 Å². The summed E-state index contributed by atoms with van der Waals surface area (Å²) >= 11 is 17.3. The fourth-order valence-electron chi connectivity index (χ4n) is 2.32. The van der Waals surface area contributed by atoms with Crippen molar-refractivity contribution in [1.82, 2.24) is 10.6 Å². The van der Waals surface area contributed by atoms with Crippen LogP contribution in [0, 0.1) is 0 Å². The molecular weight excluding hydrogens is 363 g/mol. The Balaban J connectivity index is 1.70. The third kappa shape index (κ3) is 5.86. The lowest BCUT2D eigenvalue weighted by atomic mass is 10.1. The van der Waals surface area contributed by atoms with E-state index in [0.29, 0.717) is 21.7 Å². The number of hydrogen-bond acceptors (Lipinski definition) is 2. The van der Waals surface area contributed by atoms with Crippen molar-refractivity contribution < 1.29 is 4.74 Å². The van der Waals surface area contributed by atoms with Gasteiger partial charge in [-0.2, -0.15) is 0 Å². The smallest absolute Gasteiger partial charge is 0.166 e. The Morgan fingerprint density at radius 3 is 2.33 bits per heavy atom. The first-order valence-electron chi connectivity index (χ1n) is 7.67. The number of benzene rings is 2. The van der Waals surface area contributed by atoms with Crippen molar-refractivity contribution in [3.63, 3.8) is 0 Å². The summed E-state index contributed by atoms with van der Waals surface area (Å²) < 4.78 is 5.34. The largest absolute Gasteiger partial charge is 0.496 e. The molecule has 0 bridgehead atoms. The average molecular weight is 383 g/mol. The molecule has 2 aromatic rings. The molecule has 2 aromatic carbocycles. The highest BCUT2D eigenvalue weighted by Gasteiger charge is 2.03. The highest BCUT2D eigenvalue weighted by molar-refractivity contribution is 7.80. The molecule has 0 aliphatic carbocycles. The molecule has 0 amide bonds. The zero-order chi connectivity index (χ0) is 17.4. The van der Waals surface area contributed by atoms with Gasteiger partial charge >= 0.3 is 0 Å². The van der Waals surface area contributed by atoms with Crippen molar-refractivity contribution in [2.24, 2.45) is 0 Å². The second kappa shape index (κ2) is 9.72. The summed E-state index contributed by atoms with van der Waals surface area (Å²) in [6.07, 6.45) is 1.62. The predicted octanol–water partition coefficient (Wildman–Crippen LogP) is 4.25. The molecule has 0 heterocycles. The minimum atomic E-state index is 0.634. The molecule has 0 fully saturated rings. The summed E-state index contributed by atoms with van der Waals surface area (Å²) in [5.74, 6) is 0.899. The molecule has 0 radical (unpaired) electrons. The first-order valence-corrected chi connectivity index (χ1v) is 8.84. The summed E-state index contributed by atoms with van der Waals surface area (Å²) in [5.41, 5.74) is 2.20. The Morgan fingerprint density at radius 2 is 1.67 bits per heavy atom. The molecule has 3 nitrogen and oxygen atoms in total. The molecular formula is C18H20Cl2N2OS. The van der Waals surface area contributed by atoms with Crippen LogP contribution in [0.25, 0.3) is 0 Å². The van der Waals surface area contributed by atoms with Crippen LogP contribution in [0.2, 0.25) is 10.0 Å². The van der Waals surface area contributed by atoms with E-state index in [0.717, 1.165) is 36.3 Å². The van der Waals surface area contributed by atoms with Gasteiger partial charge in [0.15, 0.2) is 5.11 Å². The zero-order valence-corrected chi connectivity index (χ0v) is 15.8. The molecule has 0 spiro atoms. The molecule has 2 rings (SSSR count). The van der Waals surface area contributed by atoms with Crippen LogP contribution in [0.3, 0.4) is 0 Å². The van der Waals surface area contributed by atoms with Gasteiger partial charge in [0.1, 0.15) is 5.75 Å². The molecule has 0 saturated heterocycles. The number of para-hydroxylation sites is 1. The van der Waals surface area contributed by atoms with Crippen LogP contribution in [0.15, 0.2) is 42.5 Å². The molecule has 24 heavy (non-hydrogen) atoms. The fraction of sp³-hybridized carbons (Fsp3) is 0.278. The molecule has 0 saturated carbocycles. The standard InChI is InChI=1S/C18H20Cl2N2OS/c1-23-17-5-3-2-4-14(17)9-11-22-18(24)21-10-8-13-6-7-15(19)12-16(13)20/h2-7,12H,8-11H2,1H3,(H2,21,22,24). The van der Waals surface area contributed by atoms with Crippen molar-refractivity contribution in [3.05, 3.63) is 63.6 Å². The third-order valence-electron chi connectivity index (χ3n) is 3.57. The normalized spacial score (nSPS) is 10.3. The highest BCUT2D eigenvalue weighted by Crippen LogP contribution is 2.21. The number of hydrogen-bond donors (Lipinski definition) is 2. The van der Waals surface area contributed by atoms with E-state index in [9.17, 15) is 0 Å². The number of halogens is 2. The number of ether oxygens (including phenoxy) is 1. The molecule has 0 aromatic heterocycles. The third-order valence-corrected chi connectivity index (χ3v) is 4.44. The van der Waals surface area contributed by atoms with E-state index < -0.39 is 0 Å². The van der Waals surface area contributed by atoms with Crippen LogP contribution in [0.1, 0.15) is 11.1 Å². The van der Waals surface area contributed by atoms with Crippen LogP contribution in [0.5, 0.6) is 5.75 Å². The Morgan fingerprint density at radius 1 is 1.00 bits per heavy atom. The summed E-state index contributed by atoms with van der Waals surface area (Å²) in [6.45, 7) is 1.45. The summed E-state index contributed by atoms with van der Waals surface area (Å²) in [6, 6.07) is 13.5. The minimum absolute atomic E-state index is 0.634. The van der Waals surface area contributed by atoms with Crippen LogP contribution >= 0.6 is 35.4 Å². The van der Waals surface area contributed by atoms with Crippen molar-refractivity contribution in [3.8, 4) is 5.75 Å². The van der Waals surface area contributed by atoms with E-state index in [-0.39, 0.29) is 0 Å². The Hall–Kier alpha value is -1.49. The molecule has 0 aliphatic rings. The molecule has 2 N–H and O–H groups in total. The van der Waals surface area contributed by atoms with Gasteiger partial charge in [-0.1, -0.05) is 47.5 Å². The lowest BCUT2D eigenvalue weighted by Crippen LogP contribution is -2.37. The van der Waals surface area contributed by atoms with Crippen LogP contribution in [0.4, 0.5) is 0 Å². The van der Waals surface area contributed by atoms with Gasteiger partial charge < -0.3 is 15.4 Å². The van der Waals surface area contributed by atoms with Gasteiger partial charge in [0.05, 0.1) is 7.11 Å². The van der Waals surface area contributed by atoms with Gasteiger partial charge in [0.2, 0.25) is 0 Å². The van der Waals surface area contributed by atoms with Gasteiger partial charge in [-0.05, 0) is 54.4 Å². The lowest BCUT2D eigenvalue weighted by molar-refractivity contribution is 0.409. The molecule has 0 aliphatic heterocycles. The number of rotatable bonds is 7. The fourth-order valence-corrected chi connectivity index (χ4v) is 3.02. The summed E-state index contributed by atoms with van der Waals surface area (Å²) in [4.78, 5) is 0. The first kappa shape index (κ1) is 18.8. The van der Waals surface area contributed by atoms with Gasteiger partial charge in [-0.25, -0.2) is 0 Å². The molecule has 0 atom stereocenters. The molecule has 0 unspecified atom stereocenters. The second-order valence-corrected chi connectivity index (χ2v) is 6.48. The Kier molecular flexibility index (Phi) is 7.63. The topological polar surface area (TPSA) is 33.3 Å². The molecule has 6 heteroatoms. The predicted molar refractivity (Wildman–Crippen MR) is 105 cm³/mol. The van der Waals surface area contributed by atoms with Crippen molar-refractivity contribution in [2.75, 3.05) is 20.2 Å². The van der Waals surface area contributed by atoms with E-state index in [2.05, 4.69) is 16.7 Å². The maximum atomic E-state index is 6.15. The van der Waals surface area contributed by atoms with Crippen molar-refractivity contribution in [1.29, 1.82) is 0 Å². The summed E-state index contributed by atoms with van der Waals surface area (Å²) in [5, 5.41) is 8.35.